The van der Waals surface area contributed by atoms with Crippen molar-refractivity contribution in [1.82, 2.24) is 15.3 Å². The summed E-state index contributed by atoms with van der Waals surface area (Å²) >= 11 is 0. The Bertz CT molecular complexity index is 408. The van der Waals surface area contributed by atoms with Gasteiger partial charge >= 0.3 is 0 Å². The van der Waals surface area contributed by atoms with Crippen molar-refractivity contribution in [3.63, 3.8) is 0 Å². The molecule has 17 heavy (non-hydrogen) atoms. The highest BCUT2D eigenvalue weighted by Gasteiger charge is 2.30. The molecule has 1 aromatic rings. The van der Waals surface area contributed by atoms with Gasteiger partial charge in [0.15, 0.2) is 6.23 Å². The monoisotopic (exact) mass is 236 g/mol. The molecule has 1 aliphatic heterocycles. The van der Waals surface area contributed by atoms with Gasteiger partial charge in [-0.15, -0.1) is 0 Å². The fourth-order valence-corrected chi connectivity index (χ4v) is 1.76. The van der Waals surface area contributed by atoms with Crippen LogP contribution < -0.4 is 20.5 Å². The maximum absolute atomic E-state index is 5.87. The lowest BCUT2D eigenvalue weighted by molar-refractivity contribution is 0.174. The normalized spacial score (nSPS) is 21.0. The van der Waals surface area contributed by atoms with Crippen LogP contribution in [0.3, 0.4) is 0 Å². The van der Waals surface area contributed by atoms with Crippen LogP contribution >= 0.6 is 0 Å². The molecule has 1 fully saturated rings. The van der Waals surface area contributed by atoms with Gasteiger partial charge in [-0.3, -0.25) is 5.73 Å². The highest BCUT2D eigenvalue weighted by Crippen LogP contribution is 2.32. The molecule has 0 radical (unpaired) electrons. The first-order chi connectivity index (χ1) is 8.33. The second kappa shape index (κ2) is 4.46. The molecule has 2 heterocycles. The number of nitrogens with zero attached hydrogens (tertiary/aromatic N) is 2. The molecule has 1 saturated carbocycles. The Morgan fingerprint density at radius 2 is 2.41 bits per heavy atom. The Balaban J connectivity index is 1.74. The minimum Gasteiger partial charge on any atom is -0.475 e. The summed E-state index contributed by atoms with van der Waals surface area (Å²) in [4.78, 5) is 8.58. The molecule has 92 valence electrons. The molecule has 6 nitrogen and oxygen atoms in total. The molecular weight excluding hydrogens is 220 g/mol. The minimum absolute atomic E-state index is 0.272. The van der Waals surface area contributed by atoms with Gasteiger partial charge in [-0.05, 0) is 12.8 Å². The van der Waals surface area contributed by atoms with E-state index >= 15 is 0 Å². The van der Waals surface area contributed by atoms with E-state index in [1.54, 1.807) is 6.20 Å². The van der Waals surface area contributed by atoms with Gasteiger partial charge in [-0.2, -0.15) is 4.98 Å². The Morgan fingerprint density at radius 3 is 3.24 bits per heavy atom. The Labute approximate surface area is 99.5 Å². The SMILES string of the molecule is NC(Oc1cnc2c(n1)OCCNC2)C1CC1. The lowest BCUT2D eigenvalue weighted by Gasteiger charge is -2.13. The summed E-state index contributed by atoms with van der Waals surface area (Å²) in [6, 6.07) is 0. The third kappa shape index (κ3) is 2.48. The van der Waals surface area contributed by atoms with E-state index in [0.29, 0.717) is 30.8 Å². The average molecular weight is 236 g/mol. The lowest BCUT2D eigenvalue weighted by Crippen LogP contribution is -2.29. The molecule has 1 aromatic heterocycles. The van der Waals surface area contributed by atoms with Crippen molar-refractivity contribution < 1.29 is 9.47 Å². The van der Waals surface area contributed by atoms with Crippen LogP contribution in [-0.4, -0.2) is 29.3 Å². The van der Waals surface area contributed by atoms with Gasteiger partial charge in [0.05, 0.1) is 6.20 Å². The summed E-state index contributed by atoms with van der Waals surface area (Å²) in [5, 5.41) is 3.20. The molecule has 3 rings (SSSR count). The highest BCUT2D eigenvalue weighted by atomic mass is 16.5. The van der Waals surface area contributed by atoms with Gasteiger partial charge in [0.1, 0.15) is 12.3 Å². The Hall–Kier alpha value is -1.40. The first-order valence-corrected chi connectivity index (χ1v) is 5.94. The molecule has 0 aromatic carbocycles. The van der Waals surface area contributed by atoms with Crippen molar-refractivity contribution in [2.24, 2.45) is 11.7 Å². The topological polar surface area (TPSA) is 82.3 Å². The van der Waals surface area contributed by atoms with Crippen LogP contribution in [0.2, 0.25) is 0 Å². The fourth-order valence-electron chi connectivity index (χ4n) is 1.76. The van der Waals surface area contributed by atoms with Crippen LogP contribution in [0.5, 0.6) is 11.8 Å². The number of hydrogen-bond acceptors (Lipinski definition) is 6. The molecule has 1 atom stereocenters. The van der Waals surface area contributed by atoms with Crippen LogP contribution in [-0.2, 0) is 6.54 Å². The summed E-state index contributed by atoms with van der Waals surface area (Å²) in [6.07, 6.45) is 3.61. The number of nitrogens with two attached hydrogens (primary N) is 1. The summed E-state index contributed by atoms with van der Waals surface area (Å²) in [7, 11) is 0. The predicted molar refractivity (Wildman–Crippen MR) is 60.6 cm³/mol. The molecule has 3 N–H and O–H groups in total. The number of ether oxygens (including phenoxy) is 2. The first kappa shape index (κ1) is 10.7. The smallest absolute Gasteiger partial charge is 0.240 e. The van der Waals surface area contributed by atoms with Gasteiger partial charge in [0.2, 0.25) is 11.8 Å². The van der Waals surface area contributed by atoms with E-state index in [-0.39, 0.29) is 6.23 Å². The fraction of sp³-hybridized carbons (Fsp3) is 0.636. The zero-order chi connectivity index (χ0) is 11.7. The number of nitrogens with one attached hydrogen (secondary N) is 1. The second-order valence-electron chi connectivity index (χ2n) is 4.41. The molecular formula is C11H16N4O2. The minimum atomic E-state index is -0.272. The molecule has 0 saturated heterocycles. The highest BCUT2D eigenvalue weighted by molar-refractivity contribution is 5.23. The van der Waals surface area contributed by atoms with E-state index in [4.69, 9.17) is 15.2 Å². The van der Waals surface area contributed by atoms with Gasteiger partial charge < -0.3 is 14.8 Å². The van der Waals surface area contributed by atoms with E-state index in [1.165, 1.54) is 0 Å². The quantitative estimate of drug-likeness (QED) is 0.721. The summed E-state index contributed by atoms with van der Waals surface area (Å²) < 4.78 is 11.0. The zero-order valence-corrected chi connectivity index (χ0v) is 9.56. The molecule has 1 aliphatic carbocycles. The lowest BCUT2D eigenvalue weighted by atomic mass is 10.4. The van der Waals surface area contributed by atoms with Crippen LogP contribution in [0.4, 0.5) is 0 Å². The summed E-state index contributed by atoms with van der Waals surface area (Å²) in [5.41, 5.74) is 6.69. The van der Waals surface area contributed by atoms with Crippen molar-refractivity contribution >= 4 is 0 Å². The second-order valence-corrected chi connectivity index (χ2v) is 4.41. The van der Waals surface area contributed by atoms with Crippen LogP contribution in [0.1, 0.15) is 18.5 Å². The van der Waals surface area contributed by atoms with Crippen molar-refractivity contribution in [3.05, 3.63) is 11.9 Å². The van der Waals surface area contributed by atoms with Gasteiger partial charge in [-0.25, -0.2) is 4.98 Å². The van der Waals surface area contributed by atoms with Gasteiger partial charge in [-0.1, -0.05) is 0 Å². The molecule has 2 aliphatic rings. The van der Waals surface area contributed by atoms with E-state index in [1.807, 2.05) is 0 Å². The maximum atomic E-state index is 5.87. The van der Waals surface area contributed by atoms with Gasteiger partial charge in [0, 0.05) is 19.0 Å². The Kier molecular flexibility index (Phi) is 2.82. The number of hydrogen-bond donors (Lipinski definition) is 2. The van der Waals surface area contributed by atoms with E-state index in [9.17, 15) is 0 Å². The first-order valence-electron chi connectivity index (χ1n) is 5.94. The molecule has 0 spiro atoms. The Morgan fingerprint density at radius 1 is 1.53 bits per heavy atom. The van der Waals surface area contributed by atoms with Crippen LogP contribution in [0.25, 0.3) is 0 Å². The maximum Gasteiger partial charge on any atom is 0.240 e. The molecule has 0 amide bonds. The molecule has 1 unspecified atom stereocenters. The number of fused-ring (bicyclic) bond motifs is 1. The standard InChI is InChI=1S/C11H16N4O2/c12-10(7-1-2-7)17-9-6-14-8-5-13-3-4-16-11(8)15-9/h6-7,10,13H,1-5,12H2. The van der Waals surface area contributed by atoms with Crippen molar-refractivity contribution in [3.8, 4) is 11.8 Å². The van der Waals surface area contributed by atoms with Crippen molar-refractivity contribution in [2.45, 2.75) is 25.6 Å². The van der Waals surface area contributed by atoms with Crippen LogP contribution in [0.15, 0.2) is 6.20 Å². The third-order valence-electron chi connectivity index (χ3n) is 2.94. The largest absolute Gasteiger partial charge is 0.475 e. The average Bonchev–Trinajstić information content (AvgIpc) is 3.16. The molecule has 0 bridgehead atoms. The summed E-state index contributed by atoms with van der Waals surface area (Å²) in [5.74, 6) is 1.47. The van der Waals surface area contributed by atoms with Gasteiger partial charge in [0.25, 0.3) is 0 Å². The molecule has 6 heteroatoms. The third-order valence-corrected chi connectivity index (χ3v) is 2.94. The van der Waals surface area contributed by atoms with E-state index in [2.05, 4.69) is 15.3 Å². The van der Waals surface area contributed by atoms with E-state index < -0.39 is 0 Å². The van der Waals surface area contributed by atoms with E-state index in [0.717, 1.165) is 25.1 Å². The number of rotatable bonds is 3. The van der Waals surface area contributed by atoms with Crippen molar-refractivity contribution in [1.29, 1.82) is 0 Å². The zero-order valence-electron chi connectivity index (χ0n) is 9.56. The van der Waals surface area contributed by atoms with Crippen molar-refractivity contribution in [2.75, 3.05) is 13.2 Å². The summed E-state index contributed by atoms with van der Waals surface area (Å²) in [6.45, 7) is 2.08. The number of aromatic nitrogens is 2. The predicted octanol–water partition coefficient (Wildman–Crippen LogP) is 0.0322. The van der Waals surface area contributed by atoms with Crippen LogP contribution in [0, 0.1) is 5.92 Å².